The van der Waals surface area contributed by atoms with Crippen molar-refractivity contribution < 1.29 is 28.5 Å². The summed E-state index contributed by atoms with van der Waals surface area (Å²) in [6, 6.07) is 13.8. The second kappa shape index (κ2) is 10.1. The van der Waals surface area contributed by atoms with Crippen LogP contribution in [0.25, 0.3) is 6.08 Å². The first-order valence-electron chi connectivity index (χ1n) is 12.1. The van der Waals surface area contributed by atoms with Gasteiger partial charge in [0.25, 0.3) is 0 Å². The first-order chi connectivity index (χ1) is 17.9. The van der Waals surface area contributed by atoms with E-state index in [0.29, 0.717) is 77.9 Å². The van der Waals surface area contributed by atoms with E-state index >= 15 is 0 Å². The van der Waals surface area contributed by atoms with Crippen molar-refractivity contribution in [3.63, 3.8) is 0 Å². The predicted molar refractivity (Wildman–Crippen MR) is 139 cm³/mol. The molecule has 2 aliphatic heterocycles. The number of carbonyl (C=O) groups excluding carboxylic acids is 1. The van der Waals surface area contributed by atoms with E-state index in [4.69, 9.17) is 14.2 Å². The van der Waals surface area contributed by atoms with Crippen LogP contribution in [-0.4, -0.2) is 56.2 Å². The van der Waals surface area contributed by atoms with E-state index in [1.807, 2.05) is 23.1 Å². The van der Waals surface area contributed by atoms with Gasteiger partial charge in [0.15, 0.2) is 17.3 Å². The van der Waals surface area contributed by atoms with E-state index in [9.17, 15) is 14.3 Å². The van der Waals surface area contributed by atoms with Crippen LogP contribution in [0.3, 0.4) is 0 Å². The number of ether oxygens (including phenoxy) is 3. The molecule has 1 N–H and O–H groups in total. The fourth-order valence-corrected chi connectivity index (χ4v) is 4.98. The maximum absolute atomic E-state index is 14.2. The number of aromatic hydroxyl groups is 1. The smallest absolute Gasteiger partial charge is 0.232 e. The number of nitrogens with zero attached hydrogens (tertiary/aromatic N) is 2. The molecule has 8 heteroatoms. The van der Waals surface area contributed by atoms with Gasteiger partial charge in [-0.1, -0.05) is 24.3 Å². The van der Waals surface area contributed by atoms with Crippen molar-refractivity contribution in [3.8, 4) is 23.0 Å². The highest BCUT2D eigenvalue weighted by Crippen LogP contribution is 2.43. The molecule has 2 aliphatic rings. The molecule has 0 amide bonds. The Balaban J connectivity index is 1.39. The minimum atomic E-state index is -0.247. The van der Waals surface area contributed by atoms with Crippen LogP contribution >= 0.6 is 0 Å². The van der Waals surface area contributed by atoms with E-state index in [1.165, 1.54) is 13.2 Å². The lowest BCUT2D eigenvalue weighted by Gasteiger charge is -2.36. The van der Waals surface area contributed by atoms with E-state index in [2.05, 4.69) is 4.90 Å². The second-order valence-corrected chi connectivity index (χ2v) is 9.13. The molecule has 3 aromatic carbocycles. The number of benzene rings is 3. The standard InChI is InChI=1S/C29H29FN2O5/c1-18-15-23(33)20(17-31-11-13-32(14-12-31)22-9-5-4-8-21(22)30)29-26(18)27(34)25(37-29)16-19-7-6-10-24(35-2)28(19)36-3/h4-10,15-16,33H,11-14,17H2,1-3H3/b25-16-. The van der Waals surface area contributed by atoms with Crippen LogP contribution in [0, 0.1) is 12.7 Å². The Labute approximate surface area is 215 Å². The van der Waals surface area contributed by atoms with Gasteiger partial charge < -0.3 is 24.2 Å². The number of anilines is 1. The Kier molecular flexibility index (Phi) is 6.76. The fraction of sp³-hybridized carbons (Fsp3) is 0.276. The molecule has 0 unspecified atom stereocenters. The molecule has 0 aliphatic carbocycles. The molecule has 1 fully saturated rings. The van der Waals surface area contributed by atoms with Gasteiger partial charge in [0.2, 0.25) is 5.78 Å². The first kappa shape index (κ1) is 24.6. The second-order valence-electron chi connectivity index (χ2n) is 9.13. The number of Topliss-reactive ketones (excluding diaryl/α,β-unsaturated/α-hetero) is 1. The Morgan fingerprint density at radius 1 is 1.05 bits per heavy atom. The average Bonchev–Trinajstić information content (AvgIpc) is 3.23. The summed E-state index contributed by atoms with van der Waals surface area (Å²) in [5.41, 5.74) is 2.90. The van der Waals surface area contributed by atoms with Crippen molar-refractivity contribution >= 4 is 17.5 Å². The van der Waals surface area contributed by atoms with E-state index in [1.54, 1.807) is 44.4 Å². The van der Waals surface area contributed by atoms with Crippen LogP contribution < -0.4 is 19.1 Å². The van der Waals surface area contributed by atoms with Crippen molar-refractivity contribution in [1.82, 2.24) is 4.90 Å². The molecule has 5 rings (SSSR count). The van der Waals surface area contributed by atoms with Gasteiger partial charge in [0.05, 0.1) is 31.0 Å². The van der Waals surface area contributed by atoms with Gasteiger partial charge in [-0.15, -0.1) is 0 Å². The van der Waals surface area contributed by atoms with Gasteiger partial charge in [-0.05, 0) is 42.8 Å². The Morgan fingerprint density at radius 2 is 1.81 bits per heavy atom. The molecule has 192 valence electrons. The van der Waals surface area contributed by atoms with Gasteiger partial charge in [0, 0.05) is 38.3 Å². The zero-order chi connectivity index (χ0) is 26.1. The van der Waals surface area contributed by atoms with Crippen LogP contribution in [0.2, 0.25) is 0 Å². The number of hydrogen-bond acceptors (Lipinski definition) is 7. The molecule has 37 heavy (non-hydrogen) atoms. The van der Waals surface area contributed by atoms with Crippen LogP contribution in [0.1, 0.15) is 27.0 Å². The van der Waals surface area contributed by atoms with Crippen molar-refractivity contribution in [2.24, 2.45) is 0 Å². The maximum atomic E-state index is 14.2. The molecule has 7 nitrogen and oxygen atoms in total. The number of hydrogen-bond donors (Lipinski definition) is 1. The largest absolute Gasteiger partial charge is 0.507 e. The number of phenols is 1. The quantitative estimate of drug-likeness (QED) is 0.484. The summed E-state index contributed by atoms with van der Waals surface area (Å²) in [5.74, 6) is 1.18. The fourth-order valence-electron chi connectivity index (χ4n) is 4.98. The molecule has 0 spiro atoms. The lowest BCUT2D eigenvalue weighted by atomic mass is 9.99. The maximum Gasteiger partial charge on any atom is 0.232 e. The highest BCUT2D eigenvalue weighted by molar-refractivity contribution is 6.16. The third kappa shape index (κ3) is 4.60. The molecular weight excluding hydrogens is 475 g/mol. The van der Waals surface area contributed by atoms with Crippen LogP contribution in [0.5, 0.6) is 23.0 Å². The first-order valence-corrected chi connectivity index (χ1v) is 12.1. The Morgan fingerprint density at radius 3 is 2.51 bits per heavy atom. The minimum Gasteiger partial charge on any atom is -0.507 e. The number of aryl methyl sites for hydroxylation is 1. The summed E-state index contributed by atoms with van der Waals surface area (Å²) in [6.07, 6.45) is 1.64. The number of halogens is 1. The average molecular weight is 505 g/mol. The number of methoxy groups -OCH3 is 2. The van der Waals surface area contributed by atoms with Crippen LogP contribution in [0.15, 0.2) is 54.3 Å². The number of ketones is 1. The van der Waals surface area contributed by atoms with Crippen molar-refractivity contribution in [1.29, 1.82) is 0 Å². The number of rotatable bonds is 6. The summed E-state index contributed by atoms with van der Waals surface area (Å²) in [7, 11) is 3.09. The van der Waals surface area contributed by atoms with Gasteiger partial charge in [-0.2, -0.15) is 0 Å². The number of phenolic OH excluding ortho intramolecular Hbond substituents is 1. The zero-order valence-corrected chi connectivity index (χ0v) is 21.1. The van der Waals surface area contributed by atoms with E-state index in [-0.39, 0.29) is 23.1 Å². The van der Waals surface area contributed by atoms with Gasteiger partial charge >= 0.3 is 0 Å². The molecule has 0 saturated carbocycles. The van der Waals surface area contributed by atoms with Crippen molar-refractivity contribution in [3.05, 3.63) is 82.4 Å². The molecule has 0 atom stereocenters. The lowest BCUT2D eigenvalue weighted by molar-refractivity contribution is 0.101. The number of para-hydroxylation sites is 2. The SMILES string of the molecule is COc1cccc(/C=C2\Oc3c(CN4CCN(c5ccccc5F)CC4)c(O)cc(C)c3C2=O)c1OC. The van der Waals surface area contributed by atoms with Crippen LogP contribution in [0.4, 0.5) is 10.1 Å². The van der Waals surface area contributed by atoms with Crippen LogP contribution in [-0.2, 0) is 6.54 Å². The van der Waals surface area contributed by atoms with Crippen molar-refractivity contribution in [2.45, 2.75) is 13.5 Å². The Hall–Kier alpha value is -4.04. The number of piperazine rings is 1. The summed E-state index contributed by atoms with van der Waals surface area (Å²) >= 11 is 0. The monoisotopic (exact) mass is 504 g/mol. The highest BCUT2D eigenvalue weighted by atomic mass is 19.1. The zero-order valence-electron chi connectivity index (χ0n) is 21.1. The minimum absolute atomic E-state index is 0.0841. The molecule has 2 heterocycles. The lowest BCUT2D eigenvalue weighted by Crippen LogP contribution is -2.46. The third-order valence-electron chi connectivity index (χ3n) is 6.89. The van der Waals surface area contributed by atoms with Gasteiger partial charge in [-0.25, -0.2) is 4.39 Å². The van der Waals surface area contributed by atoms with Gasteiger partial charge in [-0.3, -0.25) is 9.69 Å². The normalized spacial score (nSPS) is 16.6. The third-order valence-corrected chi connectivity index (χ3v) is 6.89. The van der Waals surface area contributed by atoms with E-state index in [0.717, 1.165) is 0 Å². The highest BCUT2D eigenvalue weighted by Gasteiger charge is 2.34. The predicted octanol–water partition coefficient (Wildman–Crippen LogP) is 4.80. The number of carbonyl (C=O) groups is 1. The van der Waals surface area contributed by atoms with Gasteiger partial charge in [0.1, 0.15) is 17.3 Å². The summed E-state index contributed by atoms with van der Waals surface area (Å²) in [5, 5.41) is 10.8. The summed E-state index contributed by atoms with van der Waals surface area (Å²) < 4.78 is 31.2. The molecule has 0 bridgehead atoms. The summed E-state index contributed by atoms with van der Waals surface area (Å²) in [6.45, 7) is 4.84. The number of fused-ring (bicyclic) bond motifs is 1. The molecule has 3 aromatic rings. The molecular formula is C29H29FN2O5. The molecule has 0 radical (unpaired) electrons. The number of allylic oxidation sites excluding steroid dienone is 1. The molecule has 1 saturated heterocycles. The molecule has 0 aromatic heterocycles. The van der Waals surface area contributed by atoms with E-state index < -0.39 is 0 Å². The summed E-state index contributed by atoms with van der Waals surface area (Å²) in [4.78, 5) is 17.6. The Bertz CT molecular complexity index is 1380. The van der Waals surface area contributed by atoms with Crippen molar-refractivity contribution in [2.75, 3.05) is 45.3 Å². The topological polar surface area (TPSA) is 71.5 Å².